The first-order valence-corrected chi connectivity index (χ1v) is 3.92. The summed E-state index contributed by atoms with van der Waals surface area (Å²) in [5.41, 5.74) is 2.45. The zero-order chi connectivity index (χ0) is 8.23. The molecular formula is C11H9Cl4NPt-2. The number of aromatic nitrogens is 1. The van der Waals surface area contributed by atoms with E-state index in [1.807, 2.05) is 42.7 Å². The van der Waals surface area contributed by atoms with Gasteiger partial charge in [0.2, 0.25) is 0 Å². The fourth-order valence-corrected chi connectivity index (χ4v) is 1.17. The molecule has 1 heterocycles. The van der Waals surface area contributed by atoms with Crippen LogP contribution in [0.2, 0.25) is 0 Å². The van der Waals surface area contributed by atoms with E-state index in [4.69, 9.17) is 0 Å². The van der Waals surface area contributed by atoms with Crippen LogP contribution >= 0.6 is 0 Å². The van der Waals surface area contributed by atoms with E-state index in [0.29, 0.717) is 0 Å². The van der Waals surface area contributed by atoms with Crippen LogP contribution < -0.4 is 49.6 Å². The first-order chi connectivity index (χ1) is 5.97. The van der Waals surface area contributed by atoms with Gasteiger partial charge in [0.15, 0.2) is 0 Å². The summed E-state index contributed by atoms with van der Waals surface area (Å²) >= 11 is 0. The third-order valence-electron chi connectivity index (χ3n) is 1.79. The first-order valence-electron chi connectivity index (χ1n) is 3.92. The molecule has 0 spiro atoms. The third kappa shape index (κ3) is 8.02. The molecule has 17 heavy (non-hydrogen) atoms. The summed E-state index contributed by atoms with van der Waals surface area (Å²) in [5.74, 6) is 0. The molecule has 1 aromatic heterocycles. The number of hydrogen-bond acceptors (Lipinski definition) is 1. The second-order valence-corrected chi connectivity index (χ2v) is 2.60. The van der Waals surface area contributed by atoms with Crippen molar-refractivity contribution in [2.75, 3.05) is 0 Å². The van der Waals surface area contributed by atoms with Gasteiger partial charge in [0.1, 0.15) is 0 Å². The summed E-state index contributed by atoms with van der Waals surface area (Å²) in [6.07, 6.45) is 3.62. The summed E-state index contributed by atoms with van der Waals surface area (Å²) < 4.78 is 0. The number of benzene rings is 1. The standard InChI is InChI=1S/C11H9N.4ClH.Pt/c1-2-4-10(5-3-1)11-6-8-12-9-7-11;;;;;/h1-9H;4*1H;/q;;;;;+2/p-4. The van der Waals surface area contributed by atoms with Gasteiger partial charge in [0, 0.05) is 12.4 Å². The Kier molecular flexibility index (Phi) is 21.8. The second-order valence-electron chi connectivity index (χ2n) is 2.60. The van der Waals surface area contributed by atoms with Crippen molar-refractivity contribution in [1.82, 2.24) is 4.98 Å². The molecule has 0 saturated carbocycles. The van der Waals surface area contributed by atoms with Crippen LogP contribution in [-0.2, 0) is 21.1 Å². The quantitative estimate of drug-likeness (QED) is 0.386. The van der Waals surface area contributed by atoms with Gasteiger partial charge < -0.3 is 49.6 Å². The van der Waals surface area contributed by atoms with Gasteiger partial charge in [0.05, 0.1) is 0 Å². The van der Waals surface area contributed by atoms with Gasteiger partial charge in [-0.25, -0.2) is 0 Å². The minimum absolute atomic E-state index is 0. The molecule has 0 unspecified atom stereocenters. The second kappa shape index (κ2) is 14.3. The zero-order valence-corrected chi connectivity index (χ0v) is 13.8. The molecule has 98 valence electrons. The molecule has 0 radical (unpaired) electrons. The van der Waals surface area contributed by atoms with E-state index in [1.54, 1.807) is 0 Å². The Morgan fingerprint density at radius 2 is 1.00 bits per heavy atom. The Morgan fingerprint density at radius 3 is 1.47 bits per heavy atom. The van der Waals surface area contributed by atoms with E-state index in [9.17, 15) is 0 Å². The molecule has 0 aliphatic heterocycles. The van der Waals surface area contributed by atoms with Crippen molar-refractivity contribution in [2.45, 2.75) is 0 Å². The van der Waals surface area contributed by atoms with Gasteiger partial charge >= 0.3 is 21.1 Å². The van der Waals surface area contributed by atoms with Crippen LogP contribution in [0.4, 0.5) is 0 Å². The van der Waals surface area contributed by atoms with Crippen molar-refractivity contribution in [3.63, 3.8) is 0 Å². The molecule has 6 heteroatoms. The van der Waals surface area contributed by atoms with E-state index >= 15 is 0 Å². The minimum Gasteiger partial charge on any atom is -1.00 e. The van der Waals surface area contributed by atoms with Crippen LogP contribution in [0, 0.1) is 0 Å². The minimum atomic E-state index is 0. The SMILES string of the molecule is [Cl-].[Cl-].[Cl-].[Cl-].[Pt+2].c1ccc(-c2ccncc2)cc1. The van der Waals surface area contributed by atoms with Crippen molar-refractivity contribution in [1.29, 1.82) is 0 Å². The van der Waals surface area contributed by atoms with Crippen LogP contribution in [0.3, 0.4) is 0 Å². The van der Waals surface area contributed by atoms with Crippen molar-refractivity contribution >= 4 is 0 Å². The first kappa shape index (κ1) is 25.9. The van der Waals surface area contributed by atoms with E-state index < -0.39 is 0 Å². The maximum Gasteiger partial charge on any atom is 2.00 e. The fraction of sp³-hybridized carbons (Fsp3) is 0. The Balaban J connectivity index is -0.000000169. The summed E-state index contributed by atoms with van der Waals surface area (Å²) in [4.78, 5) is 3.97. The monoisotopic (exact) mass is 490 g/mol. The Bertz CT molecular complexity index is 321. The van der Waals surface area contributed by atoms with Crippen LogP contribution in [0.15, 0.2) is 54.9 Å². The molecular weight excluding hydrogens is 483 g/mol. The predicted molar refractivity (Wildman–Crippen MR) is 49.7 cm³/mol. The van der Waals surface area contributed by atoms with E-state index in [0.717, 1.165) is 0 Å². The number of nitrogens with zero attached hydrogens (tertiary/aromatic N) is 1. The molecule has 0 amide bonds. The molecule has 0 bridgehead atoms. The van der Waals surface area contributed by atoms with E-state index in [-0.39, 0.29) is 70.7 Å². The summed E-state index contributed by atoms with van der Waals surface area (Å²) in [6, 6.07) is 14.3. The molecule has 0 atom stereocenters. The normalized spacial score (nSPS) is 6.82. The van der Waals surface area contributed by atoms with Gasteiger partial charge in [-0.05, 0) is 23.3 Å². The van der Waals surface area contributed by atoms with Gasteiger partial charge in [0.25, 0.3) is 0 Å². The Labute approximate surface area is 141 Å². The van der Waals surface area contributed by atoms with Gasteiger partial charge in [-0.3, -0.25) is 4.98 Å². The van der Waals surface area contributed by atoms with Crippen molar-refractivity contribution in [2.24, 2.45) is 0 Å². The van der Waals surface area contributed by atoms with Crippen LogP contribution in [-0.4, -0.2) is 4.98 Å². The smallest absolute Gasteiger partial charge is 1.00 e. The largest absolute Gasteiger partial charge is 2.00 e. The van der Waals surface area contributed by atoms with E-state index in [1.165, 1.54) is 11.1 Å². The Hall–Kier alpha value is 0.218. The fourth-order valence-electron chi connectivity index (χ4n) is 1.17. The van der Waals surface area contributed by atoms with Crippen LogP contribution in [0.5, 0.6) is 0 Å². The average molecular weight is 492 g/mol. The molecule has 0 aliphatic rings. The molecule has 1 aromatic carbocycles. The molecule has 2 rings (SSSR count). The molecule has 0 aliphatic carbocycles. The number of pyridine rings is 1. The molecule has 0 saturated heterocycles. The average Bonchev–Trinajstić information content (AvgIpc) is 2.21. The van der Waals surface area contributed by atoms with E-state index in [2.05, 4.69) is 17.1 Å². The summed E-state index contributed by atoms with van der Waals surface area (Å²) in [6.45, 7) is 0. The van der Waals surface area contributed by atoms with Gasteiger partial charge in [-0.15, -0.1) is 0 Å². The van der Waals surface area contributed by atoms with Gasteiger partial charge in [-0.2, -0.15) is 0 Å². The molecule has 0 N–H and O–H groups in total. The zero-order valence-electron chi connectivity index (χ0n) is 8.47. The van der Waals surface area contributed by atoms with Crippen molar-refractivity contribution < 1.29 is 70.7 Å². The Morgan fingerprint density at radius 1 is 0.588 bits per heavy atom. The topological polar surface area (TPSA) is 12.9 Å². The van der Waals surface area contributed by atoms with Gasteiger partial charge in [-0.1, -0.05) is 30.3 Å². The molecule has 2 aromatic rings. The van der Waals surface area contributed by atoms with Crippen LogP contribution in [0.25, 0.3) is 11.1 Å². The van der Waals surface area contributed by atoms with Crippen LogP contribution in [0.1, 0.15) is 0 Å². The number of hydrogen-bond donors (Lipinski definition) is 0. The number of rotatable bonds is 1. The molecule has 1 nitrogen and oxygen atoms in total. The van der Waals surface area contributed by atoms with Crippen molar-refractivity contribution in [3.05, 3.63) is 54.9 Å². The number of halogens is 4. The predicted octanol–water partition coefficient (Wildman–Crippen LogP) is -9.24. The maximum atomic E-state index is 3.97. The van der Waals surface area contributed by atoms with Crippen molar-refractivity contribution in [3.8, 4) is 11.1 Å². The summed E-state index contributed by atoms with van der Waals surface area (Å²) in [5, 5.41) is 0. The summed E-state index contributed by atoms with van der Waals surface area (Å²) in [7, 11) is 0. The third-order valence-corrected chi connectivity index (χ3v) is 1.79. The maximum absolute atomic E-state index is 3.97. The molecule has 0 fully saturated rings.